The molecule has 1 aromatic rings. The highest BCUT2D eigenvalue weighted by Crippen LogP contribution is 2.22. The summed E-state index contributed by atoms with van der Waals surface area (Å²) in [4.78, 5) is 26.4. The number of rotatable bonds is 13. The van der Waals surface area contributed by atoms with Crippen LogP contribution in [0.4, 0.5) is 15.8 Å². The fourth-order valence-corrected chi connectivity index (χ4v) is 1.99. The molecule has 1 aromatic carbocycles. The maximum Gasteiger partial charge on any atom is 0.207 e. The summed E-state index contributed by atoms with van der Waals surface area (Å²) in [6.07, 6.45) is 2.88. The van der Waals surface area contributed by atoms with Crippen LogP contribution < -0.4 is 21.3 Å². The molecule has 0 radical (unpaired) electrons. The lowest BCUT2D eigenvalue weighted by Gasteiger charge is -2.20. The van der Waals surface area contributed by atoms with Crippen LogP contribution in [0.2, 0.25) is 0 Å². The topological polar surface area (TPSA) is 136 Å². The molecule has 1 unspecified atom stereocenters. The Hall–Kier alpha value is -3.30. The van der Waals surface area contributed by atoms with Gasteiger partial charge in [0.2, 0.25) is 6.41 Å². The number of halogens is 1. The van der Waals surface area contributed by atoms with Gasteiger partial charge in [0.1, 0.15) is 17.7 Å². The van der Waals surface area contributed by atoms with Crippen LogP contribution in [0, 0.1) is 16.1 Å². The Morgan fingerprint density at radius 1 is 1.50 bits per heavy atom. The Balaban J connectivity index is 2.70. The zero-order chi connectivity index (χ0) is 19.4. The summed E-state index contributed by atoms with van der Waals surface area (Å²) >= 11 is 0. The SMILES string of the molecule is C=CC(N)=NCC(CNc1ccc(N(C=N)CCNC=O)c(F)c1)N=O. The van der Waals surface area contributed by atoms with Crippen molar-refractivity contribution in [3.63, 3.8) is 0 Å². The molecule has 0 saturated carbocycles. The van der Waals surface area contributed by atoms with Crippen LogP contribution in [0.25, 0.3) is 0 Å². The second-order valence-electron chi connectivity index (χ2n) is 5.17. The molecule has 5 N–H and O–H groups in total. The second kappa shape index (κ2) is 11.3. The van der Waals surface area contributed by atoms with Gasteiger partial charge in [-0.1, -0.05) is 11.8 Å². The van der Waals surface area contributed by atoms with Crippen molar-refractivity contribution in [3.8, 4) is 0 Å². The van der Waals surface area contributed by atoms with Crippen molar-refractivity contribution >= 4 is 30.0 Å². The number of nitrogens with one attached hydrogen (secondary N) is 3. The first-order valence-electron chi connectivity index (χ1n) is 7.78. The van der Waals surface area contributed by atoms with Gasteiger partial charge in [0.25, 0.3) is 0 Å². The Labute approximate surface area is 150 Å². The minimum Gasteiger partial charge on any atom is -0.384 e. The van der Waals surface area contributed by atoms with Gasteiger partial charge in [0.05, 0.1) is 18.6 Å². The predicted octanol–water partition coefficient (Wildman–Crippen LogP) is 1.08. The van der Waals surface area contributed by atoms with Crippen molar-refractivity contribution in [2.45, 2.75) is 6.04 Å². The molecule has 0 heterocycles. The van der Waals surface area contributed by atoms with Gasteiger partial charge < -0.3 is 21.3 Å². The molecule has 140 valence electrons. The van der Waals surface area contributed by atoms with E-state index in [2.05, 4.69) is 27.4 Å². The van der Waals surface area contributed by atoms with Gasteiger partial charge in [-0.15, -0.1) is 0 Å². The summed E-state index contributed by atoms with van der Waals surface area (Å²) in [5.74, 6) is -0.334. The highest BCUT2D eigenvalue weighted by molar-refractivity contribution is 5.90. The minimum atomic E-state index is -0.663. The summed E-state index contributed by atoms with van der Waals surface area (Å²) in [5.41, 5.74) is 6.13. The number of amides is 1. The summed E-state index contributed by atoms with van der Waals surface area (Å²) in [5, 5.41) is 15.7. The van der Waals surface area contributed by atoms with Crippen molar-refractivity contribution in [2.75, 3.05) is 36.4 Å². The number of nitroso groups, excluding NO2 is 1. The highest BCUT2D eigenvalue weighted by Gasteiger charge is 2.12. The molecule has 0 saturated heterocycles. The lowest BCUT2D eigenvalue weighted by atomic mass is 10.2. The molecule has 0 aliphatic heterocycles. The number of anilines is 2. The average molecular weight is 363 g/mol. The molecule has 1 amide bonds. The monoisotopic (exact) mass is 363 g/mol. The predicted molar refractivity (Wildman–Crippen MR) is 101 cm³/mol. The summed E-state index contributed by atoms with van der Waals surface area (Å²) in [6.45, 7) is 4.25. The summed E-state index contributed by atoms with van der Waals surface area (Å²) < 4.78 is 14.3. The summed E-state index contributed by atoms with van der Waals surface area (Å²) in [6, 6.07) is 3.71. The quantitative estimate of drug-likeness (QED) is 0.137. The Bertz CT molecular complexity index is 666. The van der Waals surface area contributed by atoms with E-state index in [4.69, 9.17) is 11.1 Å². The standard InChI is InChI=1S/C16H22FN7O2/c1-2-16(19)22-9-13(23-26)8-21-12-3-4-15(14(17)7-12)24(10-18)6-5-20-11-25/h2-4,7,10-11,13,18,21H,1,5-6,8-9H2,(H2,19,22)(H,20,25). The van der Waals surface area contributed by atoms with Crippen molar-refractivity contribution in [2.24, 2.45) is 15.9 Å². The molecular weight excluding hydrogens is 341 g/mol. The normalized spacial score (nSPS) is 12.0. The number of aliphatic imine (C=N–C) groups is 1. The van der Waals surface area contributed by atoms with Crippen molar-refractivity contribution in [3.05, 3.63) is 41.6 Å². The molecular formula is C16H22FN7O2. The largest absolute Gasteiger partial charge is 0.384 e. The van der Waals surface area contributed by atoms with E-state index in [0.29, 0.717) is 12.1 Å². The van der Waals surface area contributed by atoms with E-state index < -0.39 is 11.9 Å². The number of nitrogens with zero attached hydrogens (tertiary/aromatic N) is 3. The van der Waals surface area contributed by atoms with Gasteiger partial charge in [0, 0.05) is 25.3 Å². The van der Waals surface area contributed by atoms with E-state index >= 15 is 0 Å². The Kier molecular flexibility index (Phi) is 9.01. The van der Waals surface area contributed by atoms with Crippen molar-refractivity contribution < 1.29 is 9.18 Å². The zero-order valence-electron chi connectivity index (χ0n) is 14.2. The fraction of sp³-hybridized carbons (Fsp3) is 0.312. The first kappa shape index (κ1) is 20.7. The number of hydrogen-bond donors (Lipinski definition) is 4. The molecule has 1 rings (SSSR count). The van der Waals surface area contributed by atoms with Crippen LogP contribution in [0.1, 0.15) is 0 Å². The first-order valence-corrected chi connectivity index (χ1v) is 7.78. The van der Waals surface area contributed by atoms with Crippen LogP contribution in [0.3, 0.4) is 0 Å². The molecule has 0 aromatic heterocycles. The van der Waals surface area contributed by atoms with Gasteiger partial charge in [-0.05, 0) is 24.3 Å². The molecule has 0 spiro atoms. The molecule has 1 atom stereocenters. The van der Waals surface area contributed by atoms with Crippen LogP contribution in [-0.4, -0.2) is 50.8 Å². The average Bonchev–Trinajstić information content (AvgIpc) is 2.65. The minimum absolute atomic E-state index is 0.0975. The molecule has 9 nitrogen and oxygen atoms in total. The molecule has 0 fully saturated rings. The van der Waals surface area contributed by atoms with E-state index in [9.17, 15) is 14.1 Å². The third-order valence-corrected chi connectivity index (χ3v) is 3.38. The smallest absolute Gasteiger partial charge is 0.207 e. The second-order valence-corrected chi connectivity index (χ2v) is 5.17. The third kappa shape index (κ3) is 6.67. The van der Waals surface area contributed by atoms with Crippen LogP contribution in [0.5, 0.6) is 0 Å². The van der Waals surface area contributed by atoms with Crippen LogP contribution >= 0.6 is 0 Å². The van der Waals surface area contributed by atoms with Gasteiger partial charge >= 0.3 is 0 Å². The molecule has 10 heteroatoms. The molecule has 0 aliphatic carbocycles. The maximum absolute atomic E-state index is 14.3. The van der Waals surface area contributed by atoms with Gasteiger partial charge in [-0.2, -0.15) is 4.91 Å². The molecule has 26 heavy (non-hydrogen) atoms. The maximum atomic E-state index is 14.3. The Morgan fingerprint density at radius 2 is 2.27 bits per heavy atom. The highest BCUT2D eigenvalue weighted by atomic mass is 19.1. The number of hydrogen-bond acceptors (Lipinski definition) is 6. The molecule has 0 bridgehead atoms. The first-order chi connectivity index (χ1) is 12.5. The summed E-state index contributed by atoms with van der Waals surface area (Å²) in [7, 11) is 0. The van der Waals surface area contributed by atoms with Gasteiger partial charge in [0.15, 0.2) is 0 Å². The fourth-order valence-electron chi connectivity index (χ4n) is 1.99. The third-order valence-electron chi connectivity index (χ3n) is 3.38. The van der Waals surface area contributed by atoms with Crippen molar-refractivity contribution in [1.29, 1.82) is 5.41 Å². The van der Waals surface area contributed by atoms with Gasteiger partial charge in [-0.25, -0.2) is 4.39 Å². The lowest BCUT2D eigenvalue weighted by molar-refractivity contribution is -0.109. The number of amidine groups is 1. The van der Waals surface area contributed by atoms with Crippen LogP contribution in [-0.2, 0) is 4.79 Å². The van der Waals surface area contributed by atoms with Gasteiger partial charge in [-0.3, -0.25) is 15.2 Å². The lowest BCUT2D eigenvalue weighted by Crippen LogP contribution is -2.31. The van der Waals surface area contributed by atoms with E-state index in [1.165, 1.54) is 23.1 Å². The number of benzene rings is 1. The number of carbonyl (C=O) groups is 1. The number of carbonyl (C=O) groups excluding carboxylic acids is 1. The molecule has 0 aliphatic rings. The Morgan fingerprint density at radius 3 is 2.85 bits per heavy atom. The van der Waals surface area contributed by atoms with E-state index in [1.807, 2.05) is 0 Å². The zero-order valence-corrected chi connectivity index (χ0v) is 14.2. The van der Waals surface area contributed by atoms with Crippen LogP contribution in [0.15, 0.2) is 41.0 Å². The number of nitrogens with two attached hydrogens (primary N) is 1. The van der Waals surface area contributed by atoms with E-state index in [-0.39, 0.29) is 37.7 Å². The van der Waals surface area contributed by atoms with E-state index in [0.717, 1.165) is 6.34 Å². The van der Waals surface area contributed by atoms with Crippen molar-refractivity contribution in [1.82, 2.24) is 5.32 Å². The van der Waals surface area contributed by atoms with E-state index in [1.54, 1.807) is 6.07 Å².